The highest BCUT2D eigenvalue weighted by molar-refractivity contribution is 6.32. The van der Waals surface area contributed by atoms with Gasteiger partial charge in [0.05, 0.1) is 23.1 Å². The van der Waals surface area contributed by atoms with Gasteiger partial charge in [0.25, 0.3) is 5.91 Å². The minimum atomic E-state index is -0.598. The third-order valence-corrected chi connectivity index (χ3v) is 3.99. The molecule has 2 rings (SSSR count). The molecule has 1 amide bonds. The van der Waals surface area contributed by atoms with E-state index in [-0.39, 0.29) is 11.5 Å². The summed E-state index contributed by atoms with van der Waals surface area (Å²) in [7, 11) is 0. The molecule has 0 bridgehead atoms. The number of nitrogens with two attached hydrogens (primary N) is 1. The van der Waals surface area contributed by atoms with E-state index in [2.05, 4.69) is 27.5 Å². The normalized spacial score (nSPS) is 10.9. The van der Waals surface area contributed by atoms with Gasteiger partial charge in [0.15, 0.2) is 0 Å². The summed E-state index contributed by atoms with van der Waals surface area (Å²) >= 11 is 6.34. The average molecular weight is 371 g/mol. The van der Waals surface area contributed by atoms with Gasteiger partial charge in [0.1, 0.15) is 0 Å². The number of nitrogens with one attached hydrogen (secondary N) is 2. The Morgan fingerprint density at radius 2 is 2.19 bits per heavy atom. The molecule has 0 aliphatic carbocycles. The monoisotopic (exact) mass is 370 g/mol. The Bertz CT molecular complexity index is 845. The SMILES string of the molecule is CCCCc1c(Cl)ccc(C(N)=O)c1N/C(=N/C#N)Nc1cccnc1. The molecule has 0 fully saturated rings. The molecule has 0 spiro atoms. The summed E-state index contributed by atoms with van der Waals surface area (Å²) in [6, 6.07) is 6.71. The van der Waals surface area contributed by atoms with Crippen molar-refractivity contribution in [1.29, 1.82) is 5.26 Å². The second kappa shape index (κ2) is 9.39. The minimum Gasteiger partial charge on any atom is -0.366 e. The van der Waals surface area contributed by atoms with E-state index in [4.69, 9.17) is 22.6 Å². The van der Waals surface area contributed by atoms with E-state index < -0.39 is 5.91 Å². The number of rotatable bonds is 6. The van der Waals surface area contributed by atoms with Crippen LogP contribution in [0.2, 0.25) is 5.02 Å². The van der Waals surface area contributed by atoms with Gasteiger partial charge in [-0.15, -0.1) is 4.99 Å². The number of anilines is 2. The van der Waals surface area contributed by atoms with Crippen molar-refractivity contribution in [3.05, 3.63) is 52.8 Å². The molecular formula is C18H19ClN6O. The van der Waals surface area contributed by atoms with E-state index in [0.717, 1.165) is 18.4 Å². The topological polar surface area (TPSA) is 116 Å². The number of aliphatic imine (C=N–C) groups is 1. The first-order valence-corrected chi connectivity index (χ1v) is 8.46. The molecule has 0 unspecified atom stereocenters. The number of nitrogens with zero attached hydrogens (tertiary/aromatic N) is 3. The van der Waals surface area contributed by atoms with Crippen LogP contribution >= 0.6 is 11.6 Å². The van der Waals surface area contributed by atoms with Gasteiger partial charge in [0, 0.05) is 11.2 Å². The van der Waals surface area contributed by atoms with Crippen LogP contribution in [0.15, 0.2) is 41.7 Å². The van der Waals surface area contributed by atoms with Crippen molar-refractivity contribution in [2.45, 2.75) is 26.2 Å². The number of amides is 1. The molecule has 1 aromatic carbocycles. The van der Waals surface area contributed by atoms with E-state index >= 15 is 0 Å². The fourth-order valence-corrected chi connectivity index (χ4v) is 2.65. The van der Waals surface area contributed by atoms with Crippen molar-refractivity contribution in [3.63, 3.8) is 0 Å². The van der Waals surface area contributed by atoms with E-state index in [1.807, 2.05) is 0 Å². The van der Waals surface area contributed by atoms with Gasteiger partial charge >= 0.3 is 0 Å². The molecule has 0 saturated heterocycles. The van der Waals surface area contributed by atoms with Crippen LogP contribution in [0.25, 0.3) is 0 Å². The molecule has 0 aliphatic rings. The van der Waals surface area contributed by atoms with Crippen LogP contribution in [0.3, 0.4) is 0 Å². The zero-order valence-electron chi connectivity index (χ0n) is 14.3. The molecule has 0 aliphatic heterocycles. The fourth-order valence-electron chi connectivity index (χ4n) is 2.40. The first-order valence-electron chi connectivity index (χ1n) is 8.08. The fraction of sp³-hybridized carbons (Fsp3) is 0.222. The predicted molar refractivity (Wildman–Crippen MR) is 103 cm³/mol. The lowest BCUT2D eigenvalue weighted by atomic mass is 10.0. The molecule has 1 heterocycles. The lowest BCUT2D eigenvalue weighted by Gasteiger charge is -2.18. The molecule has 26 heavy (non-hydrogen) atoms. The maximum absolute atomic E-state index is 11.9. The number of hydrogen-bond donors (Lipinski definition) is 3. The average Bonchev–Trinajstić information content (AvgIpc) is 2.62. The van der Waals surface area contributed by atoms with Crippen molar-refractivity contribution in [1.82, 2.24) is 4.98 Å². The number of guanidine groups is 1. The molecule has 0 radical (unpaired) electrons. The first kappa shape index (κ1) is 19.2. The van der Waals surface area contributed by atoms with Crippen LogP contribution in [0.5, 0.6) is 0 Å². The predicted octanol–water partition coefficient (Wildman–Crippen LogP) is 3.54. The van der Waals surface area contributed by atoms with Gasteiger partial charge in [-0.2, -0.15) is 5.26 Å². The zero-order valence-corrected chi connectivity index (χ0v) is 15.0. The minimum absolute atomic E-state index is 0.142. The zero-order chi connectivity index (χ0) is 18.9. The van der Waals surface area contributed by atoms with Gasteiger partial charge < -0.3 is 16.4 Å². The Hall–Kier alpha value is -3.11. The number of benzene rings is 1. The van der Waals surface area contributed by atoms with Gasteiger partial charge in [-0.05, 0) is 42.7 Å². The van der Waals surface area contributed by atoms with Crippen molar-refractivity contribution >= 4 is 34.8 Å². The van der Waals surface area contributed by atoms with Gasteiger partial charge in [-0.25, -0.2) is 0 Å². The molecule has 0 atom stereocenters. The lowest BCUT2D eigenvalue weighted by molar-refractivity contribution is 0.100. The van der Waals surface area contributed by atoms with Crippen molar-refractivity contribution in [2.75, 3.05) is 10.6 Å². The first-order chi connectivity index (χ1) is 12.6. The van der Waals surface area contributed by atoms with E-state index in [1.165, 1.54) is 0 Å². The Balaban J connectivity index is 2.43. The van der Waals surface area contributed by atoms with Crippen LogP contribution in [-0.4, -0.2) is 16.9 Å². The summed E-state index contributed by atoms with van der Waals surface area (Å²) in [5.74, 6) is -0.456. The Labute approximate surface area is 156 Å². The van der Waals surface area contributed by atoms with Crippen LogP contribution < -0.4 is 16.4 Å². The molecule has 0 saturated carbocycles. The maximum Gasteiger partial charge on any atom is 0.250 e. The Morgan fingerprint density at radius 1 is 1.38 bits per heavy atom. The van der Waals surface area contributed by atoms with Crippen molar-refractivity contribution < 1.29 is 4.79 Å². The van der Waals surface area contributed by atoms with Crippen LogP contribution in [-0.2, 0) is 6.42 Å². The van der Waals surface area contributed by atoms with Crippen molar-refractivity contribution in [2.24, 2.45) is 10.7 Å². The van der Waals surface area contributed by atoms with Crippen LogP contribution in [0, 0.1) is 11.5 Å². The second-order valence-electron chi connectivity index (χ2n) is 5.47. The quantitative estimate of drug-likeness (QED) is 0.408. The molecule has 8 heteroatoms. The molecule has 4 N–H and O–H groups in total. The van der Waals surface area contributed by atoms with Gasteiger partial charge in [0.2, 0.25) is 12.2 Å². The van der Waals surface area contributed by atoms with Crippen LogP contribution in [0.1, 0.15) is 35.7 Å². The van der Waals surface area contributed by atoms with E-state index in [9.17, 15) is 4.79 Å². The number of primary amides is 1. The maximum atomic E-state index is 11.9. The van der Waals surface area contributed by atoms with Crippen molar-refractivity contribution in [3.8, 4) is 6.19 Å². The molecule has 1 aromatic heterocycles. The summed E-state index contributed by atoms with van der Waals surface area (Å²) in [5, 5.41) is 15.5. The number of aromatic nitrogens is 1. The summed E-state index contributed by atoms with van der Waals surface area (Å²) in [6.45, 7) is 2.06. The molecule has 7 nitrogen and oxygen atoms in total. The highest BCUT2D eigenvalue weighted by Gasteiger charge is 2.17. The smallest absolute Gasteiger partial charge is 0.250 e. The molecule has 2 aromatic rings. The number of hydrogen-bond acceptors (Lipinski definition) is 4. The number of carbonyl (C=O) groups is 1. The number of pyridine rings is 1. The summed E-state index contributed by atoms with van der Waals surface area (Å²) in [5.41, 5.74) is 7.62. The highest BCUT2D eigenvalue weighted by Crippen LogP contribution is 2.30. The second-order valence-corrected chi connectivity index (χ2v) is 5.88. The third kappa shape index (κ3) is 4.94. The van der Waals surface area contributed by atoms with E-state index in [0.29, 0.717) is 22.8 Å². The van der Waals surface area contributed by atoms with Gasteiger partial charge in [-0.1, -0.05) is 24.9 Å². The number of halogens is 1. The number of nitriles is 1. The standard InChI is InChI=1S/C18H19ClN6O/c1-2-3-6-13-15(19)8-7-14(17(21)26)16(13)25-18(23-11-20)24-12-5-4-9-22-10-12/h4-5,7-10H,2-3,6H2,1H3,(H2,21,26)(H2,23,24,25). The highest BCUT2D eigenvalue weighted by atomic mass is 35.5. The van der Waals surface area contributed by atoms with Gasteiger partial charge in [-0.3, -0.25) is 9.78 Å². The summed E-state index contributed by atoms with van der Waals surface area (Å²) in [6.07, 6.45) is 7.45. The Morgan fingerprint density at radius 3 is 2.81 bits per heavy atom. The van der Waals surface area contributed by atoms with Crippen LogP contribution in [0.4, 0.5) is 11.4 Å². The van der Waals surface area contributed by atoms with E-state index in [1.54, 1.807) is 42.9 Å². The molecule has 134 valence electrons. The third-order valence-electron chi connectivity index (χ3n) is 3.63. The lowest BCUT2D eigenvalue weighted by Crippen LogP contribution is -2.25. The molecular weight excluding hydrogens is 352 g/mol. The Kier molecular flexibility index (Phi) is 6.94. The number of carbonyl (C=O) groups excluding carboxylic acids is 1. The summed E-state index contributed by atoms with van der Waals surface area (Å²) in [4.78, 5) is 19.6. The summed E-state index contributed by atoms with van der Waals surface area (Å²) < 4.78 is 0. The largest absolute Gasteiger partial charge is 0.366 e. The number of unbranched alkanes of at least 4 members (excludes halogenated alkanes) is 1.